The summed E-state index contributed by atoms with van der Waals surface area (Å²) in [6, 6.07) is 18.3. The summed E-state index contributed by atoms with van der Waals surface area (Å²) < 4.78 is 13.8. The molecule has 0 heterocycles. The fourth-order valence-electron chi connectivity index (χ4n) is 2.53. The van der Waals surface area contributed by atoms with E-state index in [2.05, 4.69) is 0 Å². The van der Waals surface area contributed by atoms with Gasteiger partial charge < -0.3 is 0 Å². The molecule has 3 aromatic rings. The van der Waals surface area contributed by atoms with Gasteiger partial charge in [-0.1, -0.05) is 60.1 Å². The van der Waals surface area contributed by atoms with Crippen LogP contribution in [0.1, 0.15) is 16.5 Å². The van der Waals surface area contributed by atoms with Crippen LogP contribution in [-0.4, -0.2) is 0 Å². The first-order chi connectivity index (χ1) is 10.2. The van der Waals surface area contributed by atoms with E-state index < -0.39 is 0 Å². The van der Waals surface area contributed by atoms with Crippen molar-refractivity contribution in [1.29, 1.82) is 0 Å². The van der Waals surface area contributed by atoms with Gasteiger partial charge in [0.2, 0.25) is 0 Å². The number of fused-ring (bicyclic) bond motifs is 1. The lowest BCUT2D eigenvalue weighted by atomic mass is 9.98. The Morgan fingerprint density at radius 3 is 2.29 bits per heavy atom. The highest BCUT2D eigenvalue weighted by Crippen LogP contribution is 2.34. The fraction of sp³-hybridized carbons (Fsp3) is 0.111. The summed E-state index contributed by atoms with van der Waals surface area (Å²) in [5.74, 6) is -0.221. The van der Waals surface area contributed by atoms with Gasteiger partial charge in [0, 0.05) is 10.4 Å². The molecule has 1 unspecified atom stereocenters. The fourth-order valence-corrected chi connectivity index (χ4v) is 3.11. The smallest absolute Gasteiger partial charge is 0.126 e. The van der Waals surface area contributed by atoms with Gasteiger partial charge in [0.25, 0.3) is 0 Å². The third-order valence-corrected chi connectivity index (χ3v) is 4.32. The number of alkyl halides is 1. The number of hydrogen-bond acceptors (Lipinski definition) is 0. The van der Waals surface area contributed by atoms with Gasteiger partial charge in [-0.05, 0) is 35.1 Å². The molecule has 0 aromatic heterocycles. The Hall–Kier alpha value is -1.57. The van der Waals surface area contributed by atoms with Crippen LogP contribution in [0.15, 0.2) is 60.7 Å². The van der Waals surface area contributed by atoms with Crippen LogP contribution < -0.4 is 0 Å². The van der Waals surface area contributed by atoms with Crippen LogP contribution in [0.25, 0.3) is 10.8 Å². The van der Waals surface area contributed by atoms with Crippen molar-refractivity contribution in [2.45, 2.75) is 11.8 Å². The summed E-state index contributed by atoms with van der Waals surface area (Å²) in [6.07, 6.45) is 0.444. The largest absolute Gasteiger partial charge is 0.207 e. The maximum Gasteiger partial charge on any atom is 0.126 e. The molecule has 0 fully saturated rings. The Labute approximate surface area is 133 Å². The molecule has 1 atom stereocenters. The van der Waals surface area contributed by atoms with Crippen molar-refractivity contribution in [3.05, 3.63) is 82.6 Å². The standard InChI is InChI=1S/C18H13Cl2F/c19-16-10-9-15(13-6-2-3-7-14(13)16)17(20)11-12-5-1-4-8-18(12)21/h1-10,17H,11H2. The Balaban J connectivity index is 2.01. The van der Waals surface area contributed by atoms with Crippen LogP contribution >= 0.6 is 23.2 Å². The minimum absolute atomic E-state index is 0.221. The third-order valence-electron chi connectivity index (χ3n) is 3.60. The predicted octanol–water partition coefficient (Wildman–Crippen LogP) is 6.15. The SMILES string of the molecule is Fc1ccccc1CC(Cl)c1ccc(Cl)c2ccccc12. The summed E-state index contributed by atoms with van der Waals surface area (Å²) in [6.45, 7) is 0. The lowest BCUT2D eigenvalue weighted by molar-refractivity contribution is 0.607. The average Bonchev–Trinajstić information content (AvgIpc) is 2.50. The topological polar surface area (TPSA) is 0 Å². The molecule has 0 N–H and O–H groups in total. The molecule has 3 aromatic carbocycles. The summed E-state index contributed by atoms with van der Waals surface area (Å²) in [5, 5.41) is 2.38. The molecule has 0 radical (unpaired) electrons. The van der Waals surface area contributed by atoms with E-state index in [0.29, 0.717) is 17.0 Å². The summed E-state index contributed by atoms with van der Waals surface area (Å²) >= 11 is 12.8. The van der Waals surface area contributed by atoms with Crippen LogP contribution in [-0.2, 0) is 6.42 Å². The van der Waals surface area contributed by atoms with Crippen LogP contribution in [0.4, 0.5) is 4.39 Å². The quantitative estimate of drug-likeness (QED) is 0.508. The molecule has 0 bridgehead atoms. The molecule has 0 aliphatic heterocycles. The van der Waals surface area contributed by atoms with Crippen molar-refractivity contribution < 1.29 is 4.39 Å². The molecule has 0 saturated heterocycles. The second kappa shape index (κ2) is 6.05. The second-order valence-electron chi connectivity index (χ2n) is 4.95. The number of rotatable bonds is 3. The van der Waals surface area contributed by atoms with Gasteiger partial charge in [0.1, 0.15) is 5.82 Å². The number of hydrogen-bond donors (Lipinski definition) is 0. The molecular formula is C18H13Cl2F. The predicted molar refractivity (Wildman–Crippen MR) is 87.7 cm³/mol. The molecule has 0 saturated carbocycles. The highest BCUT2D eigenvalue weighted by molar-refractivity contribution is 6.35. The van der Waals surface area contributed by atoms with Crippen molar-refractivity contribution in [1.82, 2.24) is 0 Å². The van der Waals surface area contributed by atoms with E-state index in [1.807, 2.05) is 42.5 Å². The van der Waals surface area contributed by atoms with E-state index in [9.17, 15) is 4.39 Å². The summed E-state index contributed by atoms with van der Waals surface area (Å²) in [4.78, 5) is 0. The van der Waals surface area contributed by atoms with E-state index in [4.69, 9.17) is 23.2 Å². The Bertz CT molecular complexity index is 783. The minimum atomic E-state index is -0.302. The zero-order valence-corrected chi connectivity index (χ0v) is 12.7. The maximum atomic E-state index is 13.8. The molecule has 0 spiro atoms. The Morgan fingerprint density at radius 1 is 0.857 bits per heavy atom. The van der Waals surface area contributed by atoms with Crippen molar-refractivity contribution in [2.24, 2.45) is 0 Å². The van der Waals surface area contributed by atoms with E-state index in [0.717, 1.165) is 16.3 Å². The molecule has 0 amide bonds. The van der Waals surface area contributed by atoms with Crippen LogP contribution in [0.2, 0.25) is 5.02 Å². The molecule has 3 rings (SSSR count). The van der Waals surface area contributed by atoms with Crippen LogP contribution in [0.5, 0.6) is 0 Å². The highest BCUT2D eigenvalue weighted by atomic mass is 35.5. The highest BCUT2D eigenvalue weighted by Gasteiger charge is 2.15. The first-order valence-electron chi connectivity index (χ1n) is 6.71. The first-order valence-corrected chi connectivity index (χ1v) is 7.53. The van der Waals surface area contributed by atoms with Gasteiger partial charge in [0.05, 0.1) is 5.38 Å². The summed E-state index contributed by atoms with van der Waals surface area (Å²) in [5.41, 5.74) is 1.59. The van der Waals surface area contributed by atoms with Crippen molar-refractivity contribution in [3.8, 4) is 0 Å². The third kappa shape index (κ3) is 2.90. The van der Waals surface area contributed by atoms with E-state index in [1.165, 1.54) is 6.07 Å². The minimum Gasteiger partial charge on any atom is -0.207 e. The molecule has 0 nitrogen and oxygen atoms in total. The average molecular weight is 319 g/mol. The summed E-state index contributed by atoms with van der Waals surface area (Å²) in [7, 11) is 0. The molecule has 0 aliphatic carbocycles. The molecular weight excluding hydrogens is 306 g/mol. The van der Waals surface area contributed by atoms with Crippen molar-refractivity contribution >= 4 is 34.0 Å². The number of halogens is 3. The molecule has 3 heteroatoms. The zero-order valence-electron chi connectivity index (χ0n) is 11.2. The van der Waals surface area contributed by atoms with Gasteiger partial charge >= 0.3 is 0 Å². The molecule has 0 aliphatic rings. The zero-order chi connectivity index (χ0) is 14.8. The van der Waals surface area contributed by atoms with Crippen molar-refractivity contribution in [2.75, 3.05) is 0 Å². The van der Waals surface area contributed by atoms with E-state index in [1.54, 1.807) is 12.1 Å². The van der Waals surface area contributed by atoms with Gasteiger partial charge in [-0.25, -0.2) is 4.39 Å². The van der Waals surface area contributed by atoms with Crippen molar-refractivity contribution in [3.63, 3.8) is 0 Å². The van der Waals surface area contributed by atoms with E-state index in [-0.39, 0.29) is 11.2 Å². The van der Waals surface area contributed by atoms with Gasteiger partial charge in [-0.15, -0.1) is 11.6 Å². The van der Waals surface area contributed by atoms with Crippen LogP contribution in [0.3, 0.4) is 0 Å². The lowest BCUT2D eigenvalue weighted by Gasteiger charge is -2.14. The van der Waals surface area contributed by atoms with Gasteiger partial charge in [-0.3, -0.25) is 0 Å². The lowest BCUT2D eigenvalue weighted by Crippen LogP contribution is -1.99. The second-order valence-corrected chi connectivity index (χ2v) is 5.88. The number of benzene rings is 3. The van der Waals surface area contributed by atoms with Crippen LogP contribution in [0, 0.1) is 5.82 Å². The molecule has 21 heavy (non-hydrogen) atoms. The van der Waals surface area contributed by atoms with Gasteiger partial charge in [-0.2, -0.15) is 0 Å². The first kappa shape index (κ1) is 14.4. The van der Waals surface area contributed by atoms with E-state index >= 15 is 0 Å². The Morgan fingerprint density at radius 2 is 1.52 bits per heavy atom. The monoisotopic (exact) mass is 318 g/mol. The van der Waals surface area contributed by atoms with Gasteiger partial charge in [0.15, 0.2) is 0 Å². The maximum absolute atomic E-state index is 13.8. The normalized spacial score (nSPS) is 12.5. The Kier molecular flexibility index (Phi) is 4.14. The molecule has 106 valence electrons.